The van der Waals surface area contributed by atoms with Crippen LogP contribution in [0.4, 0.5) is 0 Å². The van der Waals surface area contributed by atoms with Crippen LogP contribution in [0.5, 0.6) is 0 Å². The molecule has 10 rings (SSSR count). The molecule has 0 saturated carbocycles. The first-order valence-corrected chi connectivity index (χ1v) is 18.3. The largest absolute Gasteiger partial charge is 0.208 e. The average Bonchev–Trinajstić information content (AvgIpc) is 3.26. The van der Waals surface area contributed by atoms with Crippen LogP contribution in [-0.4, -0.2) is 15.0 Å². The van der Waals surface area contributed by atoms with E-state index in [1.807, 2.05) is 0 Å². The molecular weight excluding hydrogens is 655 g/mol. The van der Waals surface area contributed by atoms with E-state index in [9.17, 15) is 0 Å². The van der Waals surface area contributed by atoms with E-state index in [0.29, 0.717) is 17.5 Å². The van der Waals surface area contributed by atoms with Crippen LogP contribution >= 0.6 is 0 Å². The fraction of sp³-hybridized carbons (Fsp3) is 0. The molecule has 0 radical (unpaired) electrons. The molecule has 0 atom stereocenters. The molecule has 0 aliphatic rings. The molecule has 0 saturated heterocycles. The minimum atomic E-state index is 0.644. The summed E-state index contributed by atoms with van der Waals surface area (Å²) in [5.74, 6) is 1.94. The summed E-state index contributed by atoms with van der Waals surface area (Å²) < 4.78 is 0. The fourth-order valence-electron chi connectivity index (χ4n) is 7.46. The lowest BCUT2D eigenvalue weighted by Gasteiger charge is -2.13. The molecule has 1 heterocycles. The van der Waals surface area contributed by atoms with Crippen molar-refractivity contribution in [3.63, 3.8) is 0 Å². The van der Waals surface area contributed by atoms with Crippen LogP contribution in [0.25, 0.3) is 99.9 Å². The lowest BCUT2D eigenvalue weighted by atomic mass is 9.91. The van der Waals surface area contributed by atoms with Gasteiger partial charge in [0.25, 0.3) is 0 Å². The highest BCUT2D eigenvalue weighted by Gasteiger charge is 2.15. The maximum absolute atomic E-state index is 5.09. The van der Waals surface area contributed by atoms with E-state index in [0.717, 1.165) is 38.2 Å². The van der Waals surface area contributed by atoms with Gasteiger partial charge in [0, 0.05) is 16.7 Å². The second kappa shape index (κ2) is 13.4. The molecule has 0 unspecified atom stereocenters. The Morgan fingerprint density at radius 2 is 0.556 bits per heavy atom. The molecule has 0 N–H and O–H groups in total. The fourth-order valence-corrected chi connectivity index (χ4v) is 7.46. The summed E-state index contributed by atoms with van der Waals surface area (Å²) in [6.45, 7) is 0. The molecule has 0 spiro atoms. The maximum atomic E-state index is 5.09. The minimum Gasteiger partial charge on any atom is -0.208 e. The van der Waals surface area contributed by atoms with Gasteiger partial charge in [-0.05, 0) is 96.0 Å². The first-order valence-electron chi connectivity index (χ1n) is 18.3. The molecule has 0 aliphatic heterocycles. The number of hydrogen-bond acceptors (Lipinski definition) is 3. The van der Waals surface area contributed by atoms with Crippen molar-refractivity contribution in [2.45, 2.75) is 0 Å². The molecule has 54 heavy (non-hydrogen) atoms. The van der Waals surface area contributed by atoms with E-state index >= 15 is 0 Å². The summed E-state index contributed by atoms with van der Waals surface area (Å²) in [5, 5.41) is 6.94. The molecule has 252 valence electrons. The van der Waals surface area contributed by atoms with Gasteiger partial charge in [0.15, 0.2) is 17.5 Å². The zero-order valence-electron chi connectivity index (χ0n) is 29.4. The number of nitrogens with zero attached hydrogens (tertiary/aromatic N) is 3. The molecule has 0 fully saturated rings. The Bertz CT molecular complexity index is 2900. The molecule has 0 amide bonds. The molecule has 3 heteroatoms. The van der Waals surface area contributed by atoms with E-state index in [-0.39, 0.29) is 0 Å². The zero-order valence-corrected chi connectivity index (χ0v) is 29.4. The Kier molecular flexibility index (Phi) is 7.81. The van der Waals surface area contributed by atoms with Gasteiger partial charge in [0.05, 0.1) is 0 Å². The Morgan fingerprint density at radius 3 is 1.09 bits per heavy atom. The van der Waals surface area contributed by atoms with Crippen molar-refractivity contribution in [1.29, 1.82) is 0 Å². The van der Waals surface area contributed by atoms with E-state index in [1.165, 1.54) is 44.2 Å². The second-order valence-electron chi connectivity index (χ2n) is 13.7. The lowest BCUT2D eigenvalue weighted by molar-refractivity contribution is 1.08. The van der Waals surface area contributed by atoms with Gasteiger partial charge in [-0.25, -0.2) is 15.0 Å². The second-order valence-corrected chi connectivity index (χ2v) is 13.7. The van der Waals surface area contributed by atoms with E-state index in [2.05, 4.69) is 200 Å². The average molecular weight is 688 g/mol. The van der Waals surface area contributed by atoms with Crippen molar-refractivity contribution < 1.29 is 0 Å². The molecule has 9 aromatic carbocycles. The highest BCUT2D eigenvalue weighted by Crippen LogP contribution is 2.36. The number of rotatable bonds is 6. The lowest BCUT2D eigenvalue weighted by Crippen LogP contribution is -2.00. The monoisotopic (exact) mass is 687 g/mol. The maximum Gasteiger partial charge on any atom is 0.164 e. The highest BCUT2D eigenvalue weighted by atomic mass is 15.0. The van der Waals surface area contributed by atoms with Crippen molar-refractivity contribution in [1.82, 2.24) is 15.0 Å². The van der Waals surface area contributed by atoms with Crippen molar-refractivity contribution >= 4 is 32.3 Å². The minimum absolute atomic E-state index is 0.644. The van der Waals surface area contributed by atoms with Gasteiger partial charge in [-0.2, -0.15) is 0 Å². The third-order valence-corrected chi connectivity index (χ3v) is 10.3. The Hall–Kier alpha value is -7.23. The molecule has 1 aromatic heterocycles. The number of hydrogen-bond donors (Lipinski definition) is 0. The van der Waals surface area contributed by atoms with Gasteiger partial charge in [-0.3, -0.25) is 0 Å². The zero-order chi connectivity index (χ0) is 35.8. The van der Waals surface area contributed by atoms with Crippen molar-refractivity contribution in [3.8, 4) is 67.5 Å². The molecular formula is C51H33N3. The molecule has 10 aromatic rings. The predicted molar refractivity (Wildman–Crippen MR) is 225 cm³/mol. The van der Waals surface area contributed by atoms with Gasteiger partial charge in [0.2, 0.25) is 0 Å². The van der Waals surface area contributed by atoms with Crippen LogP contribution in [0.15, 0.2) is 200 Å². The quantitative estimate of drug-likeness (QED) is 0.175. The van der Waals surface area contributed by atoms with Crippen LogP contribution in [0.3, 0.4) is 0 Å². The first-order chi connectivity index (χ1) is 26.7. The summed E-state index contributed by atoms with van der Waals surface area (Å²) in [5.41, 5.74) is 10.1. The summed E-state index contributed by atoms with van der Waals surface area (Å²) in [4.78, 5) is 15.2. The first kappa shape index (κ1) is 31.5. The van der Waals surface area contributed by atoms with Crippen molar-refractivity contribution in [2.75, 3.05) is 0 Å². The third kappa shape index (κ3) is 5.98. The van der Waals surface area contributed by atoms with Gasteiger partial charge in [-0.1, -0.05) is 170 Å². The summed E-state index contributed by atoms with van der Waals surface area (Å²) in [6.07, 6.45) is 0. The topological polar surface area (TPSA) is 38.7 Å². The Balaban J connectivity index is 1.05. The van der Waals surface area contributed by atoms with E-state index < -0.39 is 0 Å². The van der Waals surface area contributed by atoms with Crippen molar-refractivity contribution in [3.05, 3.63) is 200 Å². The highest BCUT2D eigenvalue weighted by molar-refractivity contribution is 5.94. The van der Waals surface area contributed by atoms with E-state index in [1.54, 1.807) is 0 Å². The SMILES string of the molecule is c1ccc(-c2cccc(-c3ccccc3-c3ccc4cc(-c5nc(-c6ccc7ccccc7c6)nc(-c6ccc7ccccc7c6)n5)ccc4c3)c2)cc1. The summed E-state index contributed by atoms with van der Waals surface area (Å²) in [7, 11) is 0. The molecule has 0 aliphatic carbocycles. The van der Waals surface area contributed by atoms with Gasteiger partial charge < -0.3 is 0 Å². The van der Waals surface area contributed by atoms with Crippen LogP contribution in [0.1, 0.15) is 0 Å². The third-order valence-electron chi connectivity index (χ3n) is 10.3. The van der Waals surface area contributed by atoms with Crippen LogP contribution in [0, 0.1) is 0 Å². The number of aromatic nitrogens is 3. The van der Waals surface area contributed by atoms with Gasteiger partial charge >= 0.3 is 0 Å². The van der Waals surface area contributed by atoms with Crippen molar-refractivity contribution in [2.24, 2.45) is 0 Å². The summed E-state index contributed by atoms with van der Waals surface area (Å²) >= 11 is 0. The Morgan fingerprint density at radius 1 is 0.204 bits per heavy atom. The van der Waals surface area contributed by atoms with Gasteiger partial charge in [0.1, 0.15) is 0 Å². The van der Waals surface area contributed by atoms with Crippen LogP contribution in [0.2, 0.25) is 0 Å². The number of benzene rings is 9. The standard InChI is InChI=1S/C51H33N3/c1-2-11-34(12-3-1)39-17-10-18-42(29-39)47-19-8-9-20-48(47)43-25-23-41-33-46(28-24-40(41)30-43)51-53-49(44-26-21-35-13-4-6-15-37(35)31-44)52-50(54-51)45-27-22-36-14-5-7-16-38(36)32-45/h1-33H. The molecule has 3 nitrogen and oxygen atoms in total. The number of fused-ring (bicyclic) bond motifs is 3. The van der Waals surface area contributed by atoms with Gasteiger partial charge in [-0.15, -0.1) is 0 Å². The molecule has 0 bridgehead atoms. The van der Waals surface area contributed by atoms with Crippen LogP contribution in [-0.2, 0) is 0 Å². The Labute approximate surface area is 313 Å². The summed E-state index contributed by atoms with van der Waals surface area (Å²) in [6, 6.07) is 70.8. The normalized spacial score (nSPS) is 11.3. The van der Waals surface area contributed by atoms with Crippen LogP contribution < -0.4 is 0 Å². The predicted octanol–water partition coefficient (Wildman–Crippen LogP) is 13.3. The van der Waals surface area contributed by atoms with E-state index in [4.69, 9.17) is 15.0 Å². The smallest absolute Gasteiger partial charge is 0.164 e.